The number of carbonyl (C=O) groups is 1. The van der Waals surface area contributed by atoms with E-state index in [1.54, 1.807) is 6.92 Å². The fourth-order valence-corrected chi connectivity index (χ4v) is 1.67. The van der Waals surface area contributed by atoms with Gasteiger partial charge in [0, 0.05) is 7.05 Å². The highest BCUT2D eigenvalue weighted by molar-refractivity contribution is 5.93. The van der Waals surface area contributed by atoms with E-state index in [-0.39, 0.29) is 5.56 Å². The monoisotopic (exact) mass is 261 g/mol. The lowest BCUT2D eigenvalue weighted by Gasteiger charge is -2.08. The maximum Gasteiger partial charge on any atom is 0.284 e. The zero-order chi connectivity index (χ0) is 14.0. The standard InChI is InChI=1S/C13H12FN3O2/c1-8-7-11(12(18)15-2)13(19)17(16-8)10-5-3-9(14)4-6-10/h3-7H,1-2H3,(H,15,18). The van der Waals surface area contributed by atoms with E-state index >= 15 is 0 Å². The fourth-order valence-electron chi connectivity index (χ4n) is 1.67. The van der Waals surface area contributed by atoms with Crippen LogP contribution in [0.25, 0.3) is 5.69 Å². The molecule has 1 N–H and O–H groups in total. The summed E-state index contributed by atoms with van der Waals surface area (Å²) in [6.07, 6.45) is 0. The fraction of sp³-hybridized carbons (Fsp3) is 0.154. The molecule has 2 aromatic rings. The number of carbonyl (C=O) groups excluding carboxylic acids is 1. The van der Waals surface area contributed by atoms with Crippen molar-refractivity contribution in [2.24, 2.45) is 0 Å². The molecule has 0 fully saturated rings. The molecule has 0 radical (unpaired) electrons. The average molecular weight is 261 g/mol. The predicted octanol–water partition coefficient (Wildman–Crippen LogP) is 1.04. The van der Waals surface area contributed by atoms with E-state index in [1.807, 2.05) is 0 Å². The number of rotatable bonds is 2. The van der Waals surface area contributed by atoms with E-state index in [4.69, 9.17) is 0 Å². The minimum atomic E-state index is -0.545. The summed E-state index contributed by atoms with van der Waals surface area (Å²) in [5.41, 5.74) is 0.374. The second kappa shape index (κ2) is 5.01. The number of hydrogen-bond acceptors (Lipinski definition) is 3. The van der Waals surface area contributed by atoms with Crippen molar-refractivity contribution in [1.82, 2.24) is 15.1 Å². The summed E-state index contributed by atoms with van der Waals surface area (Å²) in [4.78, 5) is 23.8. The molecule has 6 heteroatoms. The summed E-state index contributed by atoms with van der Waals surface area (Å²) >= 11 is 0. The van der Waals surface area contributed by atoms with Gasteiger partial charge in [0.15, 0.2) is 0 Å². The highest BCUT2D eigenvalue weighted by Crippen LogP contribution is 2.07. The summed E-state index contributed by atoms with van der Waals surface area (Å²) in [7, 11) is 1.44. The largest absolute Gasteiger partial charge is 0.355 e. The summed E-state index contributed by atoms with van der Waals surface area (Å²) in [5.74, 6) is -0.887. The number of halogens is 1. The van der Waals surface area contributed by atoms with Gasteiger partial charge in [-0.2, -0.15) is 9.78 Å². The Bertz CT molecular complexity index is 677. The number of nitrogens with zero attached hydrogens (tertiary/aromatic N) is 2. The van der Waals surface area contributed by atoms with E-state index < -0.39 is 17.3 Å². The molecule has 1 amide bonds. The Kier molecular flexibility index (Phi) is 3.41. The van der Waals surface area contributed by atoms with Crippen LogP contribution in [0.3, 0.4) is 0 Å². The van der Waals surface area contributed by atoms with Crippen molar-refractivity contribution in [3.63, 3.8) is 0 Å². The molecular weight excluding hydrogens is 249 g/mol. The molecule has 0 saturated carbocycles. The third-order valence-electron chi connectivity index (χ3n) is 2.58. The predicted molar refractivity (Wildman–Crippen MR) is 67.9 cm³/mol. The van der Waals surface area contributed by atoms with Gasteiger partial charge >= 0.3 is 0 Å². The second-order valence-electron chi connectivity index (χ2n) is 3.97. The Labute approximate surface area is 108 Å². The molecule has 0 bridgehead atoms. The molecule has 98 valence electrons. The number of aryl methyl sites for hydroxylation is 1. The van der Waals surface area contributed by atoms with Crippen LogP contribution >= 0.6 is 0 Å². The molecule has 0 aliphatic rings. The summed E-state index contributed by atoms with van der Waals surface area (Å²) in [6, 6.07) is 6.73. The van der Waals surface area contributed by atoms with Crippen LogP contribution in [0.4, 0.5) is 4.39 Å². The van der Waals surface area contributed by atoms with Crippen LogP contribution in [-0.4, -0.2) is 22.7 Å². The van der Waals surface area contributed by atoms with E-state index in [0.29, 0.717) is 11.4 Å². The number of hydrogen-bond donors (Lipinski definition) is 1. The average Bonchev–Trinajstić information content (AvgIpc) is 2.41. The Morgan fingerprint density at radius 1 is 1.32 bits per heavy atom. The summed E-state index contributed by atoms with van der Waals surface area (Å²) in [6.45, 7) is 1.67. The molecule has 0 atom stereocenters. The second-order valence-corrected chi connectivity index (χ2v) is 3.97. The molecule has 2 rings (SSSR count). The van der Waals surface area contributed by atoms with Gasteiger partial charge in [-0.25, -0.2) is 4.39 Å². The molecule has 0 aliphatic carbocycles. The zero-order valence-electron chi connectivity index (χ0n) is 10.5. The van der Waals surface area contributed by atoms with Gasteiger partial charge in [-0.05, 0) is 37.3 Å². The molecule has 19 heavy (non-hydrogen) atoms. The first-order valence-electron chi connectivity index (χ1n) is 5.62. The van der Waals surface area contributed by atoms with Crippen LogP contribution in [0.1, 0.15) is 16.1 Å². The molecule has 0 spiro atoms. The molecular formula is C13H12FN3O2. The van der Waals surface area contributed by atoms with Crippen LogP contribution < -0.4 is 10.9 Å². The lowest BCUT2D eigenvalue weighted by atomic mass is 10.2. The van der Waals surface area contributed by atoms with Crippen LogP contribution in [0.2, 0.25) is 0 Å². The van der Waals surface area contributed by atoms with Gasteiger partial charge in [0.1, 0.15) is 11.4 Å². The Morgan fingerprint density at radius 3 is 2.53 bits per heavy atom. The highest BCUT2D eigenvalue weighted by atomic mass is 19.1. The van der Waals surface area contributed by atoms with Crippen LogP contribution in [0, 0.1) is 12.7 Å². The topological polar surface area (TPSA) is 64.0 Å². The third-order valence-corrected chi connectivity index (χ3v) is 2.58. The van der Waals surface area contributed by atoms with Gasteiger partial charge in [-0.15, -0.1) is 0 Å². The first-order chi connectivity index (χ1) is 9.02. The number of benzene rings is 1. The molecule has 5 nitrogen and oxygen atoms in total. The van der Waals surface area contributed by atoms with Crippen LogP contribution in [0.5, 0.6) is 0 Å². The molecule has 0 aliphatic heterocycles. The lowest BCUT2D eigenvalue weighted by Crippen LogP contribution is -2.32. The lowest BCUT2D eigenvalue weighted by molar-refractivity contribution is 0.0961. The maximum atomic E-state index is 12.9. The Hall–Kier alpha value is -2.50. The van der Waals surface area contributed by atoms with Gasteiger partial charge in [0.25, 0.3) is 11.5 Å². The molecule has 1 aromatic carbocycles. The Morgan fingerprint density at radius 2 is 1.95 bits per heavy atom. The van der Waals surface area contributed by atoms with E-state index in [2.05, 4.69) is 10.4 Å². The van der Waals surface area contributed by atoms with Crippen molar-refractivity contribution >= 4 is 5.91 Å². The van der Waals surface area contributed by atoms with Crippen molar-refractivity contribution in [1.29, 1.82) is 0 Å². The van der Waals surface area contributed by atoms with Crippen molar-refractivity contribution in [2.45, 2.75) is 6.92 Å². The van der Waals surface area contributed by atoms with Gasteiger partial charge < -0.3 is 5.32 Å². The summed E-state index contributed by atoms with van der Waals surface area (Å²) < 4.78 is 14.0. The number of aromatic nitrogens is 2. The van der Waals surface area contributed by atoms with Crippen molar-refractivity contribution in [2.75, 3.05) is 7.05 Å². The highest BCUT2D eigenvalue weighted by Gasteiger charge is 2.14. The first kappa shape index (κ1) is 12.9. The van der Waals surface area contributed by atoms with Crippen molar-refractivity contribution in [3.8, 4) is 5.69 Å². The van der Waals surface area contributed by atoms with Gasteiger partial charge in [-0.3, -0.25) is 9.59 Å². The van der Waals surface area contributed by atoms with Crippen LogP contribution in [-0.2, 0) is 0 Å². The van der Waals surface area contributed by atoms with Gasteiger partial charge in [0.05, 0.1) is 11.4 Å². The third kappa shape index (κ3) is 2.52. The quantitative estimate of drug-likeness (QED) is 0.878. The normalized spacial score (nSPS) is 10.3. The van der Waals surface area contributed by atoms with Crippen molar-refractivity contribution in [3.05, 3.63) is 57.8 Å². The molecule has 0 unspecified atom stereocenters. The zero-order valence-corrected chi connectivity index (χ0v) is 10.5. The van der Waals surface area contributed by atoms with Crippen molar-refractivity contribution < 1.29 is 9.18 Å². The minimum absolute atomic E-state index is 0.000625. The summed E-state index contributed by atoms with van der Waals surface area (Å²) in [5, 5.41) is 6.45. The molecule has 0 saturated heterocycles. The van der Waals surface area contributed by atoms with E-state index in [9.17, 15) is 14.0 Å². The SMILES string of the molecule is CNC(=O)c1cc(C)nn(-c2ccc(F)cc2)c1=O. The molecule has 1 heterocycles. The van der Waals surface area contributed by atoms with E-state index in [1.165, 1.54) is 37.4 Å². The number of amides is 1. The number of nitrogens with one attached hydrogen (secondary N) is 1. The maximum absolute atomic E-state index is 12.9. The smallest absolute Gasteiger partial charge is 0.284 e. The minimum Gasteiger partial charge on any atom is -0.355 e. The Balaban J connectivity index is 2.64. The van der Waals surface area contributed by atoms with E-state index in [0.717, 1.165) is 4.68 Å². The van der Waals surface area contributed by atoms with Gasteiger partial charge in [0.2, 0.25) is 0 Å². The molecule has 1 aromatic heterocycles. The van der Waals surface area contributed by atoms with Crippen LogP contribution in [0.15, 0.2) is 35.1 Å². The first-order valence-corrected chi connectivity index (χ1v) is 5.62. The van der Waals surface area contributed by atoms with Gasteiger partial charge in [-0.1, -0.05) is 0 Å².